The monoisotopic (exact) mass is 233 g/mol. The third-order valence-corrected chi connectivity index (χ3v) is 3.72. The SMILES string of the molecule is CCCN[C@@H]1CCCC[C@@H]1c1cccc(O)c1. The van der Waals surface area contributed by atoms with Gasteiger partial charge in [0.1, 0.15) is 5.75 Å². The lowest BCUT2D eigenvalue weighted by atomic mass is 9.80. The standard InChI is InChI=1S/C15H23NO/c1-2-10-16-15-9-4-3-8-14(15)12-6-5-7-13(17)11-12/h5-7,11,14-17H,2-4,8-10H2,1H3/t14-,15-/m1/s1. The molecule has 0 saturated heterocycles. The zero-order valence-electron chi connectivity index (χ0n) is 10.7. The van der Waals surface area contributed by atoms with Crippen molar-refractivity contribution in [3.63, 3.8) is 0 Å². The minimum absolute atomic E-state index is 0.391. The second-order valence-electron chi connectivity index (χ2n) is 5.05. The fourth-order valence-electron chi connectivity index (χ4n) is 2.86. The molecule has 1 saturated carbocycles. The zero-order chi connectivity index (χ0) is 12.1. The number of aromatic hydroxyl groups is 1. The largest absolute Gasteiger partial charge is 0.508 e. The van der Waals surface area contributed by atoms with Gasteiger partial charge in [-0.15, -0.1) is 0 Å². The summed E-state index contributed by atoms with van der Waals surface area (Å²) in [5, 5.41) is 13.2. The maximum Gasteiger partial charge on any atom is 0.115 e. The maximum absolute atomic E-state index is 9.59. The van der Waals surface area contributed by atoms with Crippen molar-refractivity contribution in [2.45, 2.75) is 51.0 Å². The highest BCUT2D eigenvalue weighted by Gasteiger charge is 2.25. The van der Waals surface area contributed by atoms with Gasteiger partial charge in [0.15, 0.2) is 0 Å². The predicted octanol–water partition coefficient (Wildman–Crippen LogP) is 3.42. The maximum atomic E-state index is 9.59. The van der Waals surface area contributed by atoms with Crippen molar-refractivity contribution < 1.29 is 5.11 Å². The molecule has 0 bridgehead atoms. The van der Waals surface area contributed by atoms with Crippen molar-refractivity contribution in [1.29, 1.82) is 0 Å². The number of benzene rings is 1. The Morgan fingerprint density at radius 1 is 1.29 bits per heavy atom. The highest BCUT2D eigenvalue weighted by molar-refractivity contribution is 5.31. The minimum atomic E-state index is 0.391. The van der Waals surface area contributed by atoms with Crippen molar-refractivity contribution in [1.82, 2.24) is 5.32 Å². The fourth-order valence-corrected chi connectivity index (χ4v) is 2.86. The van der Waals surface area contributed by atoms with Crippen LogP contribution in [0.15, 0.2) is 24.3 Å². The number of hydrogen-bond donors (Lipinski definition) is 2. The lowest BCUT2D eigenvalue weighted by molar-refractivity contribution is 0.327. The molecule has 1 fully saturated rings. The van der Waals surface area contributed by atoms with E-state index in [0.717, 1.165) is 6.54 Å². The Balaban J connectivity index is 2.10. The van der Waals surface area contributed by atoms with Crippen LogP contribution in [0.4, 0.5) is 0 Å². The molecule has 2 atom stereocenters. The molecule has 0 heterocycles. The Kier molecular flexibility index (Phi) is 4.43. The quantitative estimate of drug-likeness (QED) is 0.835. The fraction of sp³-hybridized carbons (Fsp3) is 0.600. The van der Waals surface area contributed by atoms with Crippen LogP contribution in [0.5, 0.6) is 5.75 Å². The minimum Gasteiger partial charge on any atom is -0.508 e. The summed E-state index contributed by atoms with van der Waals surface area (Å²) in [4.78, 5) is 0. The van der Waals surface area contributed by atoms with Crippen molar-refractivity contribution in [2.24, 2.45) is 0 Å². The lowest BCUT2D eigenvalue weighted by Gasteiger charge is -2.32. The molecule has 94 valence electrons. The van der Waals surface area contributed by atoms with Gasteiger partial charge in [-0.1, -0.05) is 31.9 Å². The summed E-state index contributed by atoms with van der Waals surface area (Å²) in [7, 11) is 0. The Morgan fingerprint density at radius 3 is 2.88 bits per heavy atom. The number of phenolic OH excluding ortho intramolecular Hbond substituents is 1. The highest BCUT2D eigenvalue weighted by atomic mass is 16.3. The normalized spacial score (nSPS) is 24.8. The average molecular weight is 233 g/mol. The van der Waals surface area contributed by atoms with Crippen LogP contribution >= 0.6 is 0 Å². The van der Waals surface area contributed by atoms with Crippen molar-refractivity contribution in [2.75, 3.05) is 6.54 Å². The summed E-state index contributed by atoms with van der Waals surface area (Å²) in [6.45, 7) is 3.30. The molecule has 2 rings (SSSR count). The molecule has 0 amide bonds. The summed E-state index contributed by atoms with van der Waals surface area (Å²) in [6, 6.07) is 8.37. The van der Waals surface area contributed by atoms with Gasteiger partial charge in [-0.2, -0.15) is 0 Å². The first-order valence-electron chi connectivity index (χ1n) is 6.83. The first-order chi connectivity index (χ1) is 8.31. The highest BCUT2D eigenvalue weighted by Crippen LogP contribution is 2.34. The van der Waals surface area contributed by atoms with E-state index in [1.165, 1.54) is 37.7 Å². The molecule has 17 heavy (non-hydrogen) atoms. The molecule has 1 aliphatic rings. The Bertz CT molecular complexity index is 351. The molecule has 1 aromatic carbocycles. The average Bonchev–Trinajstić information content (AvgIpc) is 2.37. The first-order valence-corrected chi connectivity index (χ1v) is 6.83. The summed E-state index contributed by atoms with van der Waals surface area (Å²) < 4.78 is 0. The third-order valence-electron chi connectivity index (χ3n) is 3.72. The molecule has 0 spiro atoms. The number of rotatable bonds is 4. The second-order valence-corrected chi connectivity index (χ2v) is 5.05. The summed E-state index contributed by atoms with van der Waals surface area (Å²) in [5.41, 5.74) is 1.29. The zero-order valence-corrected chi connectivity index (χ0v) is 10.7. The van der Waals surface area contributed by atoms with Gasteiger partial charge < -0.3 is 10.4 Å². The van der Waals surface area contributed by atoms with Gasteiger partial charge in [0.05, 0.1) is 0 Å². The molecule has 2 N–H and O–H groups in total. The molecule has 0 radical (unpaired) electrons. The van der Waals surface area contributed by atoms with E-state index in [1.54, 1.807) is 6.07 Å². The van der Waals surface area contributed by atoms with Crippen LogP contribution in [0.2, 0.25) is 0 Å². The predicted molar refractivity (Wildman–Crippen MR) is 71.4 cm³/mol. The van der Waals surface area contributed by atoms with E-state index in [1.807, 2.05) is 12.1 Å². The topological polar surface area (TPSA) is 32.3 Å². The summed E-state index contributed by atoms with van der Waals surface area (Å²) >= 11 is 0. The van der Waals surface area contributed by atoms with Crippen LogP contribution in [0.25, 0.3) is 0 Å². The van der Waals surface area contributed by atoms with E-state index in [0.29, 0.717) is 17.7 Å². The van der Waals surface area contributed by atoms with E-state index in [9.17, 15) is 5.11 Å². The number of phenols is 1. The van der Waals surface area contributed by atoms with Gasteiger partial charge >= 0.3 is 0 Å². The van der Waals surface area contributed by atoms with Crippen molar-refractivity contribution in [3.05, 3.63) is 29.8 Å². The van der Waals surface area contributed by atoms with Crippen LogP contribution < -0.4 is 5.32 Å². The Hall–Kier alpha value is -1.02. The molecule has 2 nitrogen and oxygen atoms in total. The van der Waals surface area contributed by atoms with Gasteiger partial charge in [-0.25, -0.2) is 0 Å². The number of nitrogens with one attached hydrogen (secondary N) is 1. The molecule has 0 aliphatic heterocycles. The van der Waals surface area contributed by atoms with Crippen LogP contribution in [0.1, 0.15) is 50.5 Å². The van der Waals surface area contributed by atoms with Crippen molar-refractivity contribution >= 4 is 0 Å². The molecule has 0 aromatic heterocycles. The van der Waals surface area contributed by atoms with Crippen LogP contribution in [-0.4, -0.2) is 17.7 Å². The molecular weight excluding hydrogens is 210 g/mol. The molecule has 2 heteroatoms. The molecule has 1 aromatic rings. The first kappa shape index (κ1) is 12.4. The van der Waals surface area contributed by atoms with Crippen LogP contribution in [-0.2, 0) is 0 Å². The van der Waals surface area contributed by atoms with Gasteiger partial charge in [-0.05, 0) is 49.4 Å². The summed E-state index contributed by atoms with van der Waals surface area (Å²) in [5.74, 6) is 0.963. The van der Waals surface area contributed by atoms with E-state index in [4.69, 9.17) is 0 Å². The van der Waals surface area contributed by atoms with Gasteiger partial charge in [0, 0.05) is 6.04 Å². The summed E-state index contributed by atoms with van der Waals surface area (Å²) in [6.07, 6.45) is 6.33. The van der Waals surface area contributed by atoms with Crippen molar-refractivity contribution in [3.8, 4) is 5.75 Å². The van der Waals surface area contributed by atoms with Crippen LogP contribution in [0, 0.1) is 0 Å². The van der Waals surface area contributed by atoms with Crippen LogP contribution in [0.3, 0.4) is 0 Å². The third kappa shape index (κ3) is 3.22. The molecular formula is C15H23NO. The van der Waals surface area contributed by atoms with E-state index in [-0.39, 0.29) is 0 Å². The van der Waals surface area contributed by atoms with E-state index >= 15 is 0 Å². The van der Waals surface area contributed by atoms with Gasteiger partial charge in [0.2, 0.25) is 0 Å². The Morgan fingerprint density at radius 2 is 2.12 bits per heavy atom. The lowest BCUT2D eigenvalue weighted by Crippen LogP contribution is -2.37. The van der Waals surface area contributed by atoms with E-state index < -0.39 is 0 Å². The number of hydrogen-bond acceptors (Lipinski definition) is 2. The molecule has 0 unspecified atom stereocenters. The Labute approximate surface area is 104 Å². The van der Waals surface area contributed by atoms with Gasteiger partial charge in [0.25, 0.3) is 0 Å². The second kappa shape index (κ2) is 6.06. The smallest absolute Gasteiger partial charge is 0.115 e. The van der Waals surface area contributed by atoms with Gasteiger partial charge in [-0.3, -0.25) is 0 Å². The van der Waals surface area contributed by atoms with E-state index in [2.05, 4.69) is 18.3 Å². The molecule has 1 aliphatic carbocycles.